The zero-order valence-corrected chi connectivity index (χ0v) is 12.5. The second-order valence-electron chi connectivity index (χ2n) is 5.95. The standard InChI is InChI=1S/C11H21NO4S2/c1-11(6-7-18(15,16)8-11)12-9-4-3-5-10(9)17(2,13)14/h9-10,12H,3-8H2,1-2H3. The van der Waals surface area contributed by atoms with Crippen molar-refractivity contribution in [1.29, 1.82) is 0 Å². The minimum absolute atomic E-state index is 0.0988. The van der Waals surface area contributed by atoms with Crippen molar-refractivity contribution in [3.8, 4) is 0 Å². The molecular weight excluding hydrogens is 274 g/mol. The second-order valence-corrected chi connectivity index (χ2v) is 10.4. The summed E-state index contributed by atoms with van der Waals surface area (Å²) in [5, 5.41) is 2.94. The highest BCUT2D eigenvalue weighted by Gasteiger charge is 2.43. The molecule has 0 aromatic rings. The first-order valence-corrected chi connectivity index (χ1v) is 10.1. The van der Waals surface area contributed by atoms with Crippen LogP contribution in [0.3, 0.4) is 0 Å². The highest BCUT2D eigenvalue weighted by atomic mass is 32.2. The number of hydrogen-bond acceptors (Lipinski definition) is 5. The first kappa shape index (κ1) is 14.3. The molecule has 0 aromatic heterocycles. The Morgan fingerprint density at radius 1 is 1.28 bits per heavy atom. The number of sulfone groups is 2. The Morgan fingerprint density at radius 3 is 2.44 bits per heavy atom. The van der Waals surface area contributed by atoms with Crippen molar-refractivity contribution in [3.05, 3.63) is 0 Å². The van der Waals surface area contributed by atoms with E-state index < -0.39 is 25.2 Å². The maximum absolute atomic E-state index is 11.7. The van der Waals surface area contributed by atoms with Crippen molar-refractivity contribution in [3.63, 3.8) is 0 Å². The largest absolute Gasteiger partial charge is 0.306 e. The van der Waals surface area contributed by atoms with Crippen molar-refractivity contribution >= 4 is 19.7 Å². The van der Waals surface area contributed by atoms with Crippen LogP contribution in [-0.2, 0) is 19.7 Å². The zero-order chi connectivity index (χ0) is 13.6. The average Bonchev–Trinajstić information content (AvgIpc) is 2.70. The minimum Gasteiger partial charge on any atom is -0.306 e. The summed E-state index contributed by atoms with van der Waals surface area (Å²) in [7, 11) is -6.02. The van der Waals surface area contributed by atoms with Gasteiger partial charge in [0.1, 0.15) is 0 Å². The van der Waals surface area contributed by atoms with Gasteiger partial charge in [-0.15, -0.1) is 0 Å². The summed E-state index contributed by atoms with van der Waals surface area (Å²) in [5.41, 5.74) is -0.462. The van der Waals surface area contributed by atoms with E-state index in [1.54, 1.807) is 0 Å². The summed E-state index contributed by atoms with van der Waals surface area (Å²) in [6.07, 6.45) is 4.22. The molecule has 3 atom stereocenters. The minimum atomic E-state index is -3.06. The van der Waals surface area contributed by atoms with Crippen LogP contribution in [0.25, 0.3) is 0 Å². The van der Waals surface area contributed by atoms with E-state index in [2.05, 4.69) is 5.32 Å². The lowest BCUT2D eigenvalue weighted by Crippen LogP contribution is -2.53. The first-order valence-electron chi connectivity index (χ1n) is 6.28. The smallest absolute Gasteiger partial charge is 0.152 e. The number of rotatable bonds is 3. The van der Waals surface area contributed by atoms with E-state index in [4.69, 9.17) is 0 Å². The van der Waals surface area contributed by atoms with Gasteiger partial charge in [-0.05, 0) is 26.2 Å². The predicted molar refractivity (Wildman–Crippen MR) is 71.1 cm³/mol. The van der Waals surface area contributed by atoms with E-state index in [9.17, 15) is 16.8 Å². The lowest BCUT2D eigenvalue weighted by atomic mass is 10.00. The summed E-state index contributed by atoms with van der Waals surface area (Å²) in [5.74, 6) is 0.319. The van der Waals surface area contributed by atoms with E-state index in [1.165, 1.54) is 6.26 Å². The molecule has 2 fully saturated rings. The van der Waals surface area contributed by atoms with Crippen LogP contribution in [0.15, 0.2) is 0 Å². The molecule has 0 bridgehead atoms. The second kappa shape index (κ2) is 4.45. The van der Waals surface area contributed by atoms with Crippen molar-refractivity contribution in [2.45, 2.75) is 49.4 Å². The Hall–Kier alpha value is -0.140. The van der Waals surface area contributed by atoms with Crippen molar-refractivity contribution in [2.24, 2.45) is 0 Å². The maximum Gasteiger partial charge on any atom is 0.152 e. The molecule has 2 aliphatic rings. The Balaban J connectivity index is 2.10. The Bertz CT molecular complexity index is 525. The fraction of sp³-hybridized carbons (Fsp3) is 1.00. The van der Waals surface area contributed by atoms with Gasteiger partial charge in [-0.2, -0.15) is 0 Å². The molecule has 0 radical (unpaired) electrons. The molecule has 1 saturated heterocycles. The summed E-state index contributed by atoms with van der Waals surface area (Å²) >= 11 is 0. The van der Waals surface area contributed by atoms with Crippen LogP contribution >= 0.6 is 0 Å². The van der Waals surface area contributed by atoms with E-state index in [1.807, 2.05) is 6.92 Å². The van der Waals surface area contributed by atoms with Crippen LogP contribution in [0.1, 0.15) is 32.6 Å². The Morgan fingerprint density at radius 2 is 1.94 bits per heavy atom. The highest BCUT2D eigenvalue weighted by Crippen LogP contribution is 2.30. The van der Waals surface area contributed by atoms with Gasteiger partial charge in [-0.1, -0.05) is 6.42 Å². The molecule has 1 aliphatic heterocycles. The first-order chi connectivity index (χ1) is 8.11. The van der Waals surface area contributed by atoms with Gasteiger partial charge in [0.05, 0.1) is 16.8 Å². The predicted octanol–water partition coefficient (Wildman–Crippen LogP) is 0.119. The molecule has 1 heterocycles. The SMILES string of the molecule is CC1(NC2CCCC2S(C)(=O)=O)CCS(=O)(=O)C1. The Labute approximate surface area is 109 Å². The number of hydrogen-bond donors (Lipinski definition) is 1. The van der Waals surface area contributed by atoms with Gasteiger partial charge >= 0.3 is 0 Å². The molecule has 1 N–H and O–H groups in total. The van der Waals surface area contributed by atoms with Gasteiger partial charge in [-0.25, -0.2) is 16.8 Å². The summed E-state index contributed by atoms with van der Waals surface area (Å²) < 4.78 is 46.5. The summed E-state index contributed by atoms with van der Waals surface area (Å²) in [6.45, 7) is 1.88. The molecule has 1 aliphatic carbocycles. The molecule has 2 rings (SSSR count). The summed E-state index contributed by atoms with van der Waals surface area (Å²) in [4.78, 5) is 0. The van der Waals surface area contributed by atoms with Gasteiger partial charge in [-0.3, -0.25) is 0 Å². The molecule has 0 aromatic carbocycles. The molecule has 5 nitrogen and oxygen atoms in total. The molecule has 0 amide bonds. The van der Waals surface area contributed by atoms with Crippen molar-refractivity contribution in [2.75, 3.05) is 17.8 Å². The third-order valence-electron chi connectivity index (χ3n) is 4.04. The van der Waals surface area contributed by atoms with Gasteiger partial charge < -0.3 is 5.32 Å². The van der Waals surface area contributed by atoms with Gasteiger partial charge in [0.2, 0.25) is 0 Å². The third-order valence-corrected chi connectivity index (χ3v) is 7.61. The Kier molecular flexibility index (Phi) is 3.53. The van der Waals surface area contributed by atoms with Gasteiger partial charge in [0.15, 0.2) is 19.7 Å². The van der Waals surface area contributed by atoms with E-state index in [0.717, 1.165) is 12.8 Å². The van der Waals surface area contributed by atoms with Crippen LogP contribution in [0.2, 0.25) is 0 Å². The van der Waals surface area contributed by atoms with E-state index >= 15 is 0 Å². The lowest BCUT2D eigenvalue weighted by molar-refractivity contribution is 0.341. The van der Waals surface area contributed by atoms with E-state index in [-0.39, 0.29) is 22.8 Å². The summed E-state index contributed by atoms with van der Waals surface area (Å²) in [6, 6.07) is -0.0988. The number of nitrogens with one attached hydrogen (secondary N) is 1. The monoisotopic (exact) mass is 295 g/mol. The van der Waals surface area contributed by atoms with Gasteiger partial charge in [0, 0.05) is 17.8 Å². The van der Waals surface area contributed by atoms with Crippen LogP contribution in [0.4, 0.5) is 0 Å². The van der Waals surface area contributed by atoms with Crippen LogP contribution in [-0.4, -0.2) is 51.4 Å². The normalized spacial score (nSPS) is 40.1. The molecular formula is C11H21NO4S2. The van der Waals surface area contributed by atoms with Crippen molar-refractivity contribution < 1.29 is 16.8 Å². The van der Waals surface area contributed by atoms with Crippen LogP contribution in [0.5, 0.6) is 0 Å². The zero-order valence-electron chi connectivity index (χ0n) is 10.8. The topological polar surface area (TPSA) is 80.3 Å². The van der Waals surface area contributed by atoms with Crippen LogP contribution < -0.4 is 5.32 Å². The van der Waals surface area contributed by atoms with Crippen LogP contribution in [0, 0.1) is 0 Å². The van der Waals surface area contributed by atoms with Gasteiger partial charge in [0.25, 0.3) is 0 Å². The highest BCUT2D eigenvalue weighted by molar-refractivity contribution is 7.91. The molecule has 0 spiro atoms. The quantitative estimate of drug-likeness (QED) is 0.800. The molecule has 7 heteroatoms. The molecule has 1 saturated carbocycles. The lowest BCUT2D eigenvalue weighted by Gasteiger charge is -2.31. The fourth-order valence-corrected chi connectivity index (χ4v) is 6.68. The molecule has 3 unspecified atom stereocenters. The van der Waals surface area contributed by atoms with E-state index in [0.29, 0.717) is 12.8 Å². The van der Waals surface area contributed by atoms with Crippen molar-refractivity contribution in [1.82, 2.24) is 5.32 Å². The average molecular weight is 295 g/mol. The fourth-order valence-electron chi connectivity index (χ4n) is 3.18. The third kappa shape index (κ3) is 3.05. The maximum atomic E-state index is 11.7. The molecule has 106 valence electrons. The molecule has 18 heavy (non-hydrogen) atoms.